The van der Waals surface area contributed by atoms with Crippen LogP contribution >= 0.6 is 0 Å². The molecule has 5 nitrogen and oxygen atoms in total. The van der Waals surface area contributed by atoms with E-state index in [1.54, 1.807) is 0 Å². The summed E-state index contributed by atoms with van der Waals surface area (Å²) >= 11 is 0. The summed E-state index contributed by atoms with van der Waals surface area (Å²) in [6.45, 7) is 2.19. The topological polar surface area (TPSA) is 69.8 Å². The zero-order valence-electron chi connectivity index (χ0n) is 7.48. The largest absolute Gasteiger partial charge is 0.345 e. The molecule has 2 rings (SSSR count). The van der Waals surface area contributed by atoms with Crippen LogP contribution in [0.25, 0.3) is 0 Å². The molecule has 5 heteroatoms. The average Bonchev–Trinajstić information content (AvgIpc) is 2.52. The van der Waals surface area contributed by atoms with Crippen molar-refractivity contribution in [2.75, 3.05) is 7.05 Å². The number of rotatable bonds is 2. The minimum atomic E-state index is -0.257. The Kier molecular flexibility index (Phi) is 2.12. The van der Waals surface area contributed by atoms with E-state index in [9.17, 15) is 4.79 Å². The van der Waals surface area contributed by atoms with Crippen LogP contribution in [0.4, 0.5) is 0 Å². The molecule has 70 valence electrons. The maximum atomic E-state index is 11.1. The molecule has 0 atom stereocenters. The van der Waals surface area contributed by atoms with Crippen LogP contribution in [0.3, 0.4) is 0 Å². The lowest BCUT2D eigenvalue weighted by Gasteiger charge is -2.04. The van der Waals surface area contributed by atoms with Gasteiger partial charge in [0.15, 0.2) is 0 Å². The number of aromatic nitrogens is 2. The van der Waals surface area contributed by atoms with Crippen molar-refractivity contribution in [3.63, 3.8) is 0 Å². The van der Waals surface area contributed by atoms with Gasteiger partial charge < -0.3 is 15.6 Å². The van der Waals surface area contributed by atoms with Crippen LogP contribution in [0.1, 0.15) is 17.0 Å². The predicted octanol–water partition coefficient (Wildman–Crippen LogP) is -0.907. The predicted molar refractivity (Wildman–Crippen MR) is 48.2 cm³/mol. The standard InChI is InChI=1S/C8H12N4O/c1-9-3-6-5-2-10-4-7(5)12-8(13)11-6/h9-10H,2-4H2,1H3,(H,11,12,13). The van der Waals surface area contributed by atoms with E-state index < -0.39 is 0 Å². The normalized spacial score (nSPS) is 14.5. The quantitative estimate of drug-likeness (QED) is 0.551. The Morgan fingerprint density at radius 1 is 1.54 bits per heavy atom. The summed E-state index contributed by atoms with van der Waals surface area (Å²) in [5.41, 5.74) is 2.71. The first-order valence-corrected chi connectivity index (χ1v) is 4.27. The number of hydrogen-bond acceptors (Lipinski definition) is 4. The molecule has 0 saturated carbocycles. The molecule has 0 spiro atoms. The molecule has 1 aliphatic heterocycles. The summed E-state index contributed by atoms with van der Waals surface area (Å²) in [7, 11) is 1.84. The highest BCUT2D eigenvalue weighted by Crippen LogP contribution is 2.13. The molecule has 0 aromatic carbocycles. The fraction of sp³-hybridized carbons (Fsp3) is 0.500. The van der Waals surface area contributed by atoms with E-state index in [-0.39, 0.29) is 5.69 Å². The molecule has 0 unspecified atom stereocenters. The first kappa shape index (κ1) is 8.40. The van der Waals surface area contributed by atoms with E-state index in [1.807, 2.05) is 7.05 Å². The Bertz CT molecular complexity index is 371. The van der Waals surface area contributed by atoms with Crippen LogP contribution in [0, 0.1) is 0 Å². The molecule has 1 aromatic heterocycles. The van der Waals surface area contributed by atoms with Crippen molar-refractivity contribution in [1.29, 1.82) is 0 Å². The van der Waals surface area contributed by atoms with Crippen molar-refractivity contribution >= 4 is 0 Å². The van der Waals surface area contributed by atoms with Crippen LogP contribution in [0.2, 0.25) is 0 Å². The second-order valence-corrected chi connectivity index (χ2v) is 3.08. The molecule has 0 bridgehead atoms. The number of aromatic amines is 1. The Hall–Kier alpha value is -1.20. The second-order valence-electron chi connectivity index (χ2n) is 3.08. The zero-order chi connectivity index (χ0) is 9.26. The number of H-pyrrole nitrogens is 1. The maximum absolute atomic E-state index is 11.1. The summed E-state index contributed by atoms with van der Waals surface area (Å²) < 4.78 is 0. The van der Waals surface area contributed by atoms with Gasteiger partial charge in [-0.2, -0.15) is 4.98 Å². The SMILES string of the molecule is CNCc1nc(=O)[nH]c2c1CNC2. The van der Waals surface area contributed by atoms with Crippen LogP contribution in [0.5, 0.6) is 0 Å². The molecular weight excluding hydrogens is 168 g/mol. The van der Waals surface area contributed by atoms with E-state index in [2.05, 4.69) is 20.6 Å². The van der Waals surface area contributed by atoms with Gasteiger partial charge in [0.25, 0.3) is 0 Å². The van der Waals surface area contributed by atoms with E-state index in [4.69, 9.17) is 0 Å². The van der Waals surface area contributed by atoms with Crippen LogP contribution in [-0.4, -0.2) is 17.0 Å². The molecule has 3 N–H and O–H groups in total. The second kappa shape index (κ2) is 3.27. The minimum absolute atomic E-state index is 0.257. The molecule has 0 amide bonds. The lowest BCUT2D eigenvalue weighted by Crippen LogP contribution is -2.20. The maximum Gasteiger partial charge on any atom is 0.345 e. The number of nitrogens with one attached hydrogen (secondary N) is 3. The number of nitrogens with zero attached hydrogens (tertiary/aromatic N) is 1. The monoisotopic (exact) mass is 180 g/mol. The van der Waals surface area contributed by atoms with Crippen LogP contribution < -0.4 is 16.3 Å². The van der Waals surface area contributed by atoms with Crippen molar-refractivity contribution in [3.8, 4) is 0 Å². The summed E-state index contributed by atoms with van der Waals surface area (Å²) in [5, 5.41) is 6.17. The van der Waals surface area contributed by atoms with Crippen LogP contribution in [-0.2, 0) is 19.6 Å². The lowest BCUT2D eigenvalue weighted by molar-refractivity contribution is 0.743. The minimum Gasteiger partial charge on any atom is -0.314 e. The van der Waals surface area contributed by atoms with Gasteiger partial charge >= 0.3 is 5.69 Å². The van der Waals surface area contributed by atoms with E-state index in [1.165, 1.54) is 0 Å². The molecule has 0 radical (unpaired) electrons. The summed E-state index contributed by atoms with van der Waals surface area (Å²) in [4.78, 5) is 17.8. The highest BCUT2D eigenvalue weighted by atomic mass is 16.1. The van der Waals surface area contributed by atoms with Gasteiger partial charge in [-0.25, -0.2) is 4.79 Å². The van der Waals surface area contributed by atoms with Crippen molar-refractivity contribution in [2.24, 2.45) is 0 Å². The Morgan fingerprint density at radius 2 is 2.38 bits per heavy atom. The third-order valence-electron chi connectivity index (χ3n) is 2.15. The average molecular weight is 180 g/mol. The zero-order valence-corrected chi connectivity index (χ0v) is 7.48. The van der Waals surface area contributed by atoms with Crippen LogP contribution in [0.15, 0.2) is 4.79 Å². The van der Waals surface area contributed by atoms with Crippen molar-refractivity contribution < 1.29 is 0 Å². The fourth-order valence-electron chi connectivity index (χ4n) is 1.58. The van der Waals surface area contributed by atoms with Crippen molar-refractivity contribution in [1.82, 2.24) is 20.6 Å². The highest BCUT2D eigenvalue weighted by Gasteiger charge is 2.15. The third-order valence-corrected chi connectivity index (χ3v) is 2.15. The molecule has 0 fully saturated rings. The molecule has 0 saturated heterocycles. The smallest absolute Gasteiger partial charge is 0.314 e. The van der Waals surface area contributed by atoms with Gasteiger partial charge in [0.1, 0.15) is 0 Å². The summed E-state index contributed by atoms with van der Waals surface area (Å²) in [6.07, 6.45) is 0. The van der Waals surface area contributed by atoms with Gasteiger partial charge in [-0.1, -0.05) is 0 Å². The molecule has 1 aliphatic rings. The molecular formula is C8H12N4O. The fourth-order valence-corrected chi connectivity index (χ4v) is 1.58. The Morgan fingerprint density at radius 3 is 3.15 bits per heavy atom. The summed E-state index contributed by atoms with van der Waals surface area (Å²) in [6, 6.07) is 0. The lowest BCUT2D eigenvalue weighted by atomic mass is 10.2. The van der Waals surface area contributed by atoms with E-state index in [0.717, 1.165) is 30.0 Å². The van der Waals surface area contributed by atoms with Crippen molar-refractivity contribution in [2.45, 2.75) is 19.6 Å². The van der Waals surface area contributed by atoms with Gasteiger partial charge in [0.05, 0.1) is 5.69 Å². The van der Waals surface area contributed by atoms with E-state index >= 15 is 0 Å². The Labute approximate surface area is 75.6 Å². The number of hydrogen-bond donors (Lipinski definition) is 3. The van der Waals surface area contributed by atoms with Gasteiger partial charge in [-0.05, 0) is 7.05 Å². The van der Waals surface area contributed by atoms with Gasteiger partial charge in [0, 0.05) is 30.9 Å². The molecule has 13 heavy (non-hydrogen) atoms. The summed E-state index contributed by atoms with van der Waals surface area (Å²) in [5.74, 6) is 0. The number of fused-ring (bicyclic) bond motifs is 1. The third kappa shape index (κ3) is 1.48. The van der Waals surface area contributed by atoms with Gasteiger partial charge in [0.2, 0.25) is 0 Å². The van der Waals surface area contributed by atoms with Crippen molar-refractivity contribution in [3.05, 3.63) is 27.4 Å². The van der Waals surface area contributed by atoms with E-state index in [0.29, 0.717) is 6.54 Å². The highest BCUT2D eigenvalue weighted by molar-refractivity contribution is 5.27. The molecule has 0 aliphatic carbocycles. The molecule has 1 aromatic rings. The molecule has 2 heterocycles. The van der Waals surface area contributed by atoms with Gasteiger partial charge in [-0.3, -0.25) is 0 Å². The van der Waals surface area contributed by atoms with Gasteiger partial charge in [-0.15, -0.1) is 0 Å². The first-order chi connectivity index (χ1) is 6.31. The first-order valence-electron chi connectivity index (χ1n) is 4.27. The Balaban J connectivity index is 2.49.